The van der Waals surface area contributed by atoms with Crippen molar-refractivity contribution < 1.29 is 19.0 Å². The number of ether oxygens (including phenoxy) is 3. The van der Waals surface area contributed by atoms with E-state index in [0.717, 1.165) is 25.5 Å². The highest BCUT2D eigenvalue weighted by Crippen LogP contribution is 2.45. The van der Waals surface area contributed by atoms with E-state index >= 15 is 0 Å². The summed E-state index contributed by atoms with van der Waals surface area (Å²) in [6.45, 7) is 2.61. The van der Waals surface area contributed by atoms with Gasteiger partial charge >= 0.3 is 0 Å². The maximum atomic E-state index is 12.0. The van der Waals surface area contributed by atoms with Gasteiger partial charge in [0, 0.05) is 23.5 Å². The molecule has 1 aromatic carbocycles. The number of aromatic nitrogens is 1. The lowest BCUT2D eigenvalue weighted by atomic mass is 9.92. The molecule has 2 aromatic rings. The van der Waals surface area contributed by atoms with Crippen LogP contribution in [0.2, 0.25) is 10.0 Å². The number of carbonyl (C=O) groups is 1. The first-order valence-electron chi connectivity index (χ1n) is 8.70. The fraction of sp³-hybridized carbons (Fsp3) is 0.400. The molecule has 0 amide bonds. The third-order valence-electron chi connectivity index (χ3n) is 4.20. The fourth-order valence-corrected chi connectivity index (χ4v) is 3.45. The molecule has 0 bridgehead atoms. The molecule has 1 heterocycles. The molecule has 1 unspecified atom stereocenters. The van der Waals surface area contributed by atoms with E-state index in [1.54, 1.807) is 19.2 Å². The molecule has 7 heteroatoms. The minimum absolute atomic E-state index is 0.311. The number of pyridine rings is 1. The molecule has 0 fully saturated rings. The lowest BCUT2D eigenvalue weighted by molar-refractivity contribution is -0.108. The number of nitrogens with zero attached hydrogens (tertiary/aromatic N) is 1. The van der Waals surface area contributed by atoms with Gasteiger partial charge in [0.1, 0.15) is 6.29 Å². The van der Waals surface area contributed by atoms with Crippen LogP contribution >= 0.6 is 23.2 Å². The average Bonchev–Trinajstić information content (AvgIpc) is 2.67. The first-order valence-corrected chi connectivity index (χ1v) is 9.46. The predicted octanol–water partition coefficient (Wildman–Crippen LogP) is 5.31. The van der Waals surface area contributed by atoms with Gasteiger partial charge in [0.2, 0.25) is 5.75 Å². The Morgan fingerprint density at radius 1 is 1.07 bits per heavy atom. The lowest BCUT2D eigenvalue weighted by Crippen LogP contribution is -2.10. The number of rotatable bonds is 10. The maximum Gasteiger partial charge on any atom is 0.203 e. The van der Waals surface area contributed by atoms with Gasteiger partial charge in [0.15, 0.2) is 11.5 Å². The van der Waals surface area contributed by atoms with E-state index in [0.29, 0.717) is 45.0 Å². The average molecular weight is 412 g/mol. The van der Waals surface area contributed by atoms with Gasteiger partial charge in [-0.15, -0.1) is 0 Å². The molecule has 1 atom stereocenters. The van der Waals surface area contributed by atoms with Gasteiger partial charge in [-0.1, -0.05) is 49.0 Å². The van der Waals surface area contributed by atoms with E-state index in [1.807, 2.05) is 0 Å². The van der Waals surface area contributed by atoms with Crippen LogP contribution in [0.15, 0.2) is 24.5 Å². The van der Waals surface area contributed by atoms with Gasteiger partial charge in [0.05, 0.1) is 36.8 Å². The highest BCUT2D eigenvalue weighted by molar-refractivity contribution is 6.36. The van der Waals surface area contributed by atoms with E-state index in [9.17, 15) is 4.79 Å². The number of aldehydes is 1. The number of hydrogen-bond acceptors (Lipinski definition) is 5. The van der Waals surface area contributed by atoms with Gasteiger partial charge in [-0.25, -0.2) is 0 Å². The number of benzene rings is 1. The van der Waals surface area contributed by atoms with Crippen molar-refractivity contribution in [1.82, 2.24) is 4.98 Å². The zero-order valence-electron chi connectivity index (χ0n) is 15.6. The van der Waals surface area contributed by atoms with E-state index in [2.05, 4.69) is 11.9 Å². The standard InChI is InChI=1S/C20H23Cl2NO4/c1-4-5-6-9-27-19-13(7-8-17(25-2)20(19)26-3)14(12-24)18-15(21)10-23-11-16(18)22/h7-8,10-12,14H,4-6,9H2,1-3H3. The highest BCUT2D eigenvalue weighted by Gasteiger charge is 2.27. The molecular weight excluding hydrogens is 389 g/mol. The Labute approximate surface area is 169 Å². The molecule has 0 aliphatic rings. The zero-order chi connectivity index (χ0) is 19.8. The summed E-state index contributed by atoms with van der Waals surface area (Å²) >= 11 is 12.6. The fourth-order valence-electron chi connectivity index (χ4n) is 2.85. The minimum atomic E-state index is -0.728. The molecule has 0 aliphatic carbocycles. The van der Waals surface area contributed by atoms with Gasteiger partial charge in [-0.3, -0.25) is 4.98 Å². The number of halogens is 2. The molecule has 0 saturated heterocycles. The van der Waals surface area contributed by atoms with Crippen LogP contribution in [0.1, 0.15) is 43.2 Å². The second kappa shape index (κ2) is 10.4. The smallest absolute Gasteiger partial charge is 0.203 e. The van der Waals surface area contributed by atoms with Crippen LogP contribution in [0.25, 0.3) is 0 Å². The van der Waals surface area contributed by atoms with E-state index in [4.69, 9.17) is 37.4 Å². The van der Waals surface area contributed by atoms with Crippen molar-refractivity contribution in [1.29, 1.82) is 0 Å². The molecule has 27 heavy (non-hydrogen) atoms. The predicted molar refractivity (Wildman–Crippen MR) is 107 cm³/mol. The van der Waals surface area contributed by atoms with Crippen LogP contribution in [-0.4, -0.2) is 32.1 Å². The van der Waals surface area contributed by atoms with Gasteiger partial charge in [-0.05, 0) is 12.5 Å². The Morgan fingerprint density at radius 3 is 2.33 bits per heavy atom. The Kier molecular flexibility index (Phi) is 8.20. The quantitative estimate of drug-likeness (QED) is 0.391. The number of methoxy groups -OCH3 is 2. The molecule has 1 aromatic heterocycles. The summed E-state index contributed by atoms with van der Waals surface area (Å²) in [5.74, 6) is 0.672. The van der Waals surface area contributed by atoms with E-state index < -0.39 is 5.92 Å². The molecular formula is C20H23Cl2NO4. The van der Waals surface area contributed by atoms with Crippen LogP contribution in [0, 0.1) is 0 Å². The van der Waals surface area contributed by atoms with Crippen LogP contribution in [0.3, 0.4) is 0 Å². The molecule has 146 valence electrons. The second-order valence-electron chi connectivity index (χ2n) is 5.91. The summed E-state index contributed by atoms with van der Waals surface area (Å²) in [4.78, 5) is 16.0. The van der Waals surface area contributed by atoms with Crippen molar-refractivity contribution in [2.75, 3.05) is 20.8 Å². The molecule has 0 saturated carbocycles. The molecule has 5 nitrogen and oxygen atoms in total. The summed E-state index contributed by atoms with van der Waals surface area (Å²) in [6, 6.07) is 3.50. The normalized spacial score (nSPS) is 11.7. The van der Waals surface area contributed by atoms with Gasteiger partial charge in [-0.2, -0.15) is 0 Å². The maximum absolute atomic E-state index is 12.0. The Morgan fingerprint density at radius 2 is 1.78 bits per heavy atom. The minimum Gasteiger partial charge on any atom is -0.493 e. The first kappa shape index (κ1) is 21.3. The van der Waals surface area contributed by atoms with Crippen molar-refractivity contribution in [3.05, 3.63) is 45.7 Å². The second-order valence-corrected chi connectivity index (χ2v) is 6.72. The molecule has 0 radical (unpaired) electrons. The third-order valence-corrected chi connectivity index (χ3v) is 4.80. The van der Waals surface area contributed by atoms with Crippen LogP contribution < -0.4 is 14.2 Å². The number of carbonyl (C=O) groups excluding carboxylic acids is 1. The Bertz CT molecular complexity index is 763. The largest absolute Gasteiger partial charge is 0.493 e. The van der Waals surface area contributed by atoms with Gasteiger partial charge < -0.3 is 19.0 Å². The van der Waals surface area contributed by atoms with Crippen molar-refractivity contribution in [2.24, 2.45) is 0 Å². The zero-order valence-corrected chi connectivity index (χ0v) is 17.1. The SMILES string of the molecule is CCCCCOc1c(C(C=O)c2c(Cl)cncc2Cl)ccc(OC)c1OC. The van der Waals surface area contributed by atoms with Gasteiger partial charge in [0.25, 0.3) is 0 Å². The lowest BCUT2D eigenvalue weighted by Gasteiger charge is -2.21. The monoisotopic (exact) mass is 411 g/mol. The summed E-state index contributed by atoms with van der Waals surface area (Å²) in [7, 11) is 3.08. The van der Waals surface area contributed by atoms with Crippen molar-refractivity contribution in [2.45, 2.75) is 32.1 Å². The van der Waals surface area contributed by atoms with Crippen molar-refractivity contribution >= 4 is 29.5 Å². The molecule has 2 rings (SSSR count). The third kappa shape index (κ3) is 4.85. The summed E-state index contributed by atoms with van der Waals surface area (Å²) in [6.07, 6.45) is 6.71. The summed E-state index contributed by atoms with van der Waals surface area (Å²) in [5, 5.41) is 0.623. The summed E-state index contributed by atoms with van der Waals surface area (Å²) in [5.41, 5.74) is 1.09. The van der Waals surface area contributed by atoms with E-state index in [1.165, 1.54) is 19.5 Å². The Balaban J connectivity index is 2.57. The molecule has 0 spiro atoms. The van der Waals surface area contributed by atoms with Crippen LogP contribution in [-0.2, 0) is 4.79 Å². The topological polar surface area (TPSA) is 57.7 Å². The first-order chi connectivity index (χ1) is 13.1. The van der Waals surface area contributed by atoms with Crippen LogP contribution in [0.4, 0.5) is 0 Å². The van der Waals surface area contributed by atoms with Crippen molar-refractivity contribution in [3.63, 3.8) is 0 Å². The highest BCUT2D eigenvalue weighted by atomic mass is 35.5. The summed E-state index contributed by atoms with van der Waals surface area (Å²) < 4.78 is 16.9. The number of unbranched alkanes of at least 4 members (excludes halogenated alkanes) is 2. The molecule has 0 aliphatic heterocycles. The van der Waals surface area contributed by atoms with Crippen LogP contribution in [0.5, 0.6) is 17.2 Å². The van der Waals surface area contributed by atoms with E-state index in [-0.39, 0.29) is 0 Å². The Hall–Kier alpha value is -1.98. The molecule has 0 N–H and O–H groups in total. The van der Waals surface area contributed by atoms with Crippen molar-refractivity contribution in [3.8, 4) is 17.2 Å². The number of hydrogen-bond donors (Lipinski definition) is 0.